The average Bonchev–Trinajstić information content (AvgIpc) is 2.76. The lowest BCUT2D eigenvalue weighted by Crippen LogP contribution is -2.19. The Bertz CT molecular complexity index is 1330. The van der Waals surface area contributed by atoms with E-state index in [9.17, 15) is 8.78 Å². The van der Waals surface area contributed by atoms with E-state index in [0.29, 0.717) is 22.7 Å². The smallest absolute Gasteiger partial charge is 0.161 e. The molecule has 1 aliphatic carbocycles. The fraction of sp³-hybridized carbons (Fsp3) is 0.471. The van der Waals surface area contributed by atoms with Gasteiger partial charge in [-0.1, -0.05) is 95.2 Å². The Morgan fingerprint density at radius 3 is 1.05 bits per heavy atom. The second kappa shape index (κ2) is 10.3. The molecule has 3 rings (SSSR count). The Hall–Kier alpha value is -3.28. The lowest BCUT2D eigenvalue weighted by molar-refractivity contribution is 0.546. The summed E-state index contributed by atoms with van der Waals surface area (Å²) in [6.45, 7) is 25.2. The van der Waals surface area contributed by atoms with Gasteiger partial charge in [0.05, 0.1) is 34.2 Å². The molecular weight excluding hydrogens is 502 g/mol. The maximum Gasteiger partial charge on any atom is 0.161 e. The summed E-state index contributed by atoms with van der Waals surface area (Å²) in [6, 6.07) is 8.05. The third kappa shape index (κ3) is 6.71. The molecular formula is C34H46F2N4. The van der Waals surface area contributed by atoms with Gasteiger partial charge in [-0.2, -0.15) is 0 Å². The number of nitrogens with two attached hydrogens (primary N) is 2. The van der Waals surface area contributed by atoms with E-state index >= 15 is 0 Å². The van der Waals surface area contributed by atoms with E-state index in [4.69, 9.17) is 21.5 Å². The van der Waals surface area contributed by atoms with Crippen LogP contribution in [0.4, 0.5) is 31.5 Å². The predicted molar refractivity (Wildman–Crippen MR) is 169 cm³/mol. The minimum Gasteiger partial charge on any atom is -0.397 e. The number of nitrogens with zero attached hydrogens (tertiary/aromatic N) is 2. The molecule has 0 aromatic heterocycles. The van der Waals surface area contributed by atoms with Crippen molar-refractivity contribution in [3.8, 4) is 0 Å². The van der Waals surface area contributed by atoms with Gasteiger partial charge >= 0.3 is 0 Å². The van der Waals surface area contributed by atoms with Gasteiger partial charge in [0.25, 0.3) is 0 Å². The summed E-state index contributed by atoms with van der Waals surface area (Å²) in [5.74, 6) is -2.02. The number of nitrogen functional groups attached to an aromatic ring is 2. The van der Waals surface area contributed by atoms with Crippen molar-refractivity contribution in [1.82, 2.24) is 0 Å². The average molecular weight is 549 g/mol. The van der Waals surface area contributed by atoms with Gasteiger partial charge < -0.3 is 11.5 Å². The highest BCUT2D eigenvalue weighted by molar-refractivity contribution is 6.52. The Balaban J connectivity index is 2.35. The zero-order chi connectivity index (χ0) is 30.6. The van der Waals surface area contributed by atoms with Gasteiger partial charge in [-0.05, 0) is 56.0 Å². The molecule has 0 radical (unpaired) electrons. The lowest BCUT2D eigenvalue weighted by Gasteiger charge is -2.28. The van der Waals surface area contributed by atoms with Gasteiger partial charge in [0.15, 0.2) is 11.7 Å². The molecule has 1 aliphatic rings. The Labute approximate surface area is 239 Å². The van der Waals surface area contributed by atoms with Gasteiger partial charge in [0, 0.05) is 12.2 Å². The van der Waals surface area contributed by atoms with Crippen LogP contribution in [0.2, 0.25) is 0 Å². The van der Waals surface area contributed by atoms with Gasteiger partial charge in [-0.25, -0.2) is 18.8 Å². The summed E-state index contributed by atoms with van der Waals surface area (Å²) in [5, 5.41) is 0. The standard InChI is InChI=1S/C34H46F2N4/c1-31(2,3)19-13-21(33(7,8)9)29(37)27(15-19)39-25-17-23(35)24(36)18-26(25)40-28-16-20(32(4,5)6)14-22(30(28)38)34(10,11)12/h13-18H,37-38H2,1-12H3. The van der Waals surface area contributed by atoms with Crippen molar-refractivity contribution in [2.24, 2.45) is 9.98 Å². The van der Waals surface area contributed by atoms with E-state index in [1.54, 1.807) is 0 Å². The summed E-state index contributed by atoms with van der Waals surface area (Å²) in [7, 11) is 0. The summed E-state index contributed by atoms with van der Waals surface area (Å²) < 4.78 is 29.3. The van der Waals surface area contributed by atoms with Crippen LogP contribution in [0, 0.1) is 0 Å². The highest BCUT2D eigenvalue weighted by atomic mass is 19.2. The van der Waals surface area contributed by atoms with Crippen LogP contribution in [-0.2, 0) is 21.7 Å². The Morgan fingerprint density at radius 2 is 0.800 bits per heavy atom. The molecule has 0 saturated carbocycles. The fourth-order valence-corrected chi connectivity index (χ4v) is 4.53. The molecule has 0 unspecified atom stereocenters. The van der Waals surface area contributed by atoms with Crippen LogP contribution in [0.25, 0.3) is 0 Å². The zero-order valence-electron chi connectivity index (χ0n) is 26.3. The number of allylic oxidation sites excluding steroid dienone is 4. The Morgan fingerprint density at radius 1 is 0.500 bits per heavy atom. The molecule has 0 atom stereocenters. The van der Waals surface area contributed by atoms with E-state index < -0.39 is 11.7 Å². The van der Waals surface area contributed by atoms with Crippen LogP contribution in [-0.4, -0.2) is 11.4 Å². The number of benzene rings is 2. The number of rotatable bonds is 2. The normalized spacial score (nSPS) is 17.4. The molecule has 0 spiro atoms. The summed E-state index contributed by atoms with van der Waals surface area (Å²) in [5.41, 5.74) is 18.8. The molecule has 2 aromatic rings. The van der Waals surface area contributed by atoms with Crippen LogP contribution in [0.15, 0.2) is 58.1 Å². The minimum absolute atomic E-state index is 0.175. The second-order valence-electron chi connectivity index (χ2n) is 14.9. The van der Waals surface area contributed by atoms with E-state index in [1.165, 1.54) is 0 Å². The first-order valence-corrected chi connectivity index (χ1v) is 13.8. The summed E-state index contributed by atoms with van der Waals surface area (Å²) in [4.78, 5) is 9.59. The van der Waals surface area contributed by atoms with Crippen molar-refractivity contribution >= 4 is 34.2 Å². The monoisotopic (exact) mass is 548 g/mol. The predicted octanol–water partition coefficient (Wildman–Crippen LogP) is 9.61. The highest BCUT2D eigenvalue weighted by Crippen LogP contribution is 2.41. The molecule has 216 valence electrons. The van der Waals surface area contributed by atoms with Crippen molar-refractivity contribution in [1.29, 1.82) is 0 Å². The van der Waals surface area contributed by atoms with E-state index in [0.717, 1.165) is 34.4 Å². The summed E-state index contributed by atoms with van der Waals surface area (Å²) in [6.07, 6.45) is 2.14. The molecule has 4 N–H and O–H groups in total. The zero-order valence-corrected chi connectivity index (χ0v) is 26.3. The molecule has 0 aliphatic heterocycles. The van der Waals surface area contributed by atoms with E-state index in [1.807, 2.05) is 12.1 Å². The van der Waals surface area contributed by atoms with Crippen molar-refractivity contribution in [2.45, 2.75) is 105 Å². The van der Waals surface area contributed by atoms with Crippen LogP contribution >= 0.6 is 0 Å². The maximum absolute atomic E-state index is 14.6. The number of hydrogen-bond acceptors (Lipinski definition) is 4. The quantitative estimate of drug-likeness (QED) is 0.289. The third-order valence-corrected chi connectivity index (χ3v) is 7.16. The topological polar surface area (TPSA) is 76.8 Å². The van der Waals surface area contributed by atoms with Crippen molar-refractivity contribution in [3.05, 3.63) is 70.3 Å². The van der Waals surface area contributed by atoms with Gasteiger partial charge in [0.1, 0.15) is 0 Å². The molecule has 0 amide bonds. The highest BCUT2D eigenvalue weighted by Gasteiger charge is 2.27. The number of anilines is 2. The van der Waals surface area contributed by atoms with Crippen LogP contribution in [0.3, 0.4) is 0 Å². The fourth-order valence-electron chi connectivity index (χ4n) is 4.53. The number of aliphatic imine (C=N–C) groups is 2. The maximum atomic E-state index is 14.6. The first kappa shape index (κ1) is 31.3. The molecule has 0 bridgehead atoms. The van der Waals surface area contributed by atoms with Crippen molar-refractivity contribution in [3.63, 3.8) is 0 Å². The minimum atomic E-state index is -1.01. The van der Waals surface area contributed by atoms with Crippen molar-refractivity contribution < 1.29 is 8.78 Å². The SMILES string of the molecule is CC(C)(C)c1cc(N=C2C=C(F)C(F)=CC2=Nc2cc(C(C)(C)C)cc(C(C)(C)C)c2N)c(N)c(C(C)(C)C)c1. The molecule has 0 saturated heterocycles. The van der Waals surface area contributed by atoms with Gasteiger partial charge in [-0.15, -0.1) is 0 Å². The largest absolute Gasteiger partial charge is 0.397 e. The lowest BCUT2D eigenvalue weighted by atomic mass is 9.79. The first-order valence-electron chi connectivity index (χ1n) is 13.8. The molecule has 40 heavy (non-hydrogen) atoms. The molecule has 4 nitrogen and oxygen atoms in total. The Kier molecular flexibility index (Phi) is 8.03. The molecule has 6 heteroatoms. The summed E-state index contributed by atoms with van der Waals surface area (Å²) >= 11 is 0. The van der Waals surface area contributed by atoms with Crippen LogP contribution < -0.4 is 11.5 Å². The second-order valence-corrected chi connectivity index (χ2v) is 14.9. The molecule has 0 fully saturated rings. The van der Waals surface area contributed by atoms with E-state index in [2.05, 4.69) is 95.2 Å². The number of hydrogen-bond donors (Lipinski definition) is 2. The molecule has 0 heterocycles. The van der Waals surface area contributed by atoms with Gasteiger partial charge in [0.2, 0.25) is 0 Å². The molecule has 2 aromatic carbocycles. The first-order chi connectivity index (χ1) is 18.0. The third-order valence-electron chi connectivity index (χ3n) is 7.16. The van der Waals surface area contributed by atoms with E-state index in [-0.39, 0.29) is 33.1 Å². The van der Waals surface area contributed by atoms with Gasteiger partial charge in [-0.3, -0.25) is 0 Å². The number of halogens is 2. The van der Waals surface area contributed by atoms with Crippen LogP contribution in [0.5, 0.6) is 0 Å². The van der Waals surface area contributed by atoms with Crippen molar-refractivity contribution in [2.75, 3.05) is 11.5 Å². The van der Waals surface area contributed by atoms with Crippen LogP contribution in [0.1, 0.15) is 105 Å².